The van der Waals surface area contributed by atoms with Gasteiger partial charge in [0.05, 0.1) is 10.3 Å². The normalized spacial score (nSPS) is 11.9. The number of hydrogen-bond donors (Lipinski definition) is 2. The van der Waals surface area contributed by atoms with Crippen LogP contribution in [0.5, 0.6) is 5.75 Å². The lowest BCUT2D eigenvalue weighted by atomic mass is 10.1. The van der Waals surface area contributed by atoms with Gasteiger partial charge in [-0.25, -0.2) is 4.98 Å². The number of phenols is 1. The van der Waals surface area contributed by atoms with E-state index in [1.807, 2.05) is 37.3 Å². The first-order valence-corrected chi connectivity index (χ1v) is 12.9. The van der Waals surface area contributed by atoms with Gasteiger partial charge in [0.1, 0.15) is 9.58 Å². The molecule has 0 radical (unpaired) electrons. The second-order valence-corrected chi connectivity index (χ2v) is 10.4. The standard InChI is InChI=1S/C25H20N2O5S2/c1-2-27(14-15-7-10-17(11-8-15)34(30,31)32)16-9-12-20-21(13-16)33-25-22(26-20)18-5-3-4-6-19(18)23(28)24(25)29/h3-13,29H,2,14H2,1H3,(H,30,31,32)/p+1. The van der Waals surface area contributed by atoms with Crippen molar-refractivity contribution < 1.29 is 23.1 Å². The number of benzene rings is 4. The highest BCUT2D eigenvalue weighted by Gasteiger charge is 2.25. The number of nitrogens with zero attached hydrogens (tertiary/aromatic N) is 1. The van der Waals surface area contributed by atoms with Crippen LogP contribution in [0, 0.1) is 0 Å². The van der Waals surface area contributed by atoms with Crippen molar-refractivity contribution in [3.05, 3.63) is 82.5 Å². The summed E-state index contributed by atoms with van der Waals surface area (Å²) >= 11 is 1.36. The highest BCUT2D eigenvalue weighted by molar-refractivity contribution is 7.85. The predicted octanol–water partition coefficient (Wildman–Crippen LogP) is 4.31. The highest BCUT2D eigenvalue weighted by Crippen LogP contribution is 2.38. The minimum atomic E-state index is -4.23. The number of phenolic OH excluding ortho intramolecular Hbond substituents is 1. The van der Waals surface area contributed by atoms with Crippen LogP contribution < -0.4 is 15.3 Å². The fraction of sp³-hybridized carbons (Fsp3) is 0.120. The average Bonchev–Trinajstić information content (AvgIpc) is 2.84. The van der Waals surface area contributed by atoms with Crippen molar-refractivity contribution in [3.8, 4) is 16.3 Å². The van der Waals surface area contributed by atoms with Gasteiger partial charge in [0.2, 0.25) is 16.6 Å². The number of rotatable bonds is 5. The van der Waals surface area contributed by atoms with E-state index < -0.39 is 10.1 Å². The molecule has 0 saturated carbocycles. The Morgan fingerprint density at radius 1 is 1.00 bits per heavy atom. The summed E-state index contributed by atoms with van der Waals surface area (Å²) in [6.45, 7) is 3.26. The molecule has 0 bridgehead atoms. The summed E-state index contributed by atoms with van der Waals surface area (Å²) in [5.41, 5.74) is 3.07. The summed E-state index contributed by atoms with van der Waals surface area (Å²) in [4.78, 5) is 18.6. The van der Waals surface area contributed by atoms with Gasteiger partial charge in [-0.2, -0.15) is 8.42 Å². The fourth-order valence-corrected chi connectivity index (χ4v) is 5.67. The van der Waals surface area contributed by atoms with E-state index in [1.165, 1.54) is 23.5 Å². The molecule has 9 heteroatoms. The van der Waals surface area contributed by atoms with Crippen LogP contribution in [0.2, 0.25) is 0 Å². The molecule has 1 aliphatic carbocycles. The van der Waals surface area contributed by atoms with Crippen molar-refractivity contribution >= 4 is 48.1 Å². The van der Waals surface area contributed by atoms with E-state index in [2.05, 4.69) is 9.88 Å². The van der Waals surface area contributed by atoms with E-state index in [1.54, 1.807) is 24.3 Å². The van der Waals surface area contributed by atoms with Crippen molar-refractivity contribution in [2.24, 2.45) is 0 Å². The Morgan fingerprint density at radius 3 is 2.38 bits per heavy atom. The lowest BCUT2D eigenvalue weighted by Gasteiger charge is -2.23. The van der Waals surface area contributed by atoms with Gasteiger partial charge in [0.25, 0.3) is 10.1 Å². The van der Waals surface area contributed by atoms with Crippen LogP contribution >= 0.6 is 11.3 Å². The Labute approximate surface area is 199 Å². The summed E-state index contributed by atoms with van der Waals surface area (Å²) in [5.74, 6) is -0.256. The van der Waals surface area contributed by atoms with Gasteiger partial charge >= 0.3 is 0 Å². The van der Waals surface area contributed by atoms with Gasteiger partial charge in [-0.1, -0.05) is 30.3 Å². The molecule has 0 aromatic heterocycles. The van der Waals surface area contributed by atoms with Crippen molar-refractivity contribution in [2.45, 2.75) is 18.4 Å². The lowest BCUT2D eigenvalue weighted by Crippen LogP contribution is -2.22. The minimum Gasteiger partial charge on any atom is -0.503 e. The molecule has 7 nitrogen and oxygen atoms in total. The Kier molecular flexibility index (Phi) is 5.47. The molecule has 0 amide bonds. The summed E-state index contributed by atoms with van der Waals surface area (Å²) in [7, 11) is -4.23. The van der Waals surface area contributed by atoms with Crippen molar-refractivity contribution in [1.82, 2.24) is 0 Å². The Bertz CT molecular complexity index is 1680. The molecule has 3 aromatic rings. The maximum atomic E-state index is 12.7. The summed E-state index contributed by atoms with van der Waals surface area (Å²) in [6, 6.07) is 19.3. The first-order valence-electron chi connectivity index (χ1n) is 10.6. The number of hydrogen-bond acceptors (Lipinski definition) is 6. The molecule has 0 fully saturated rings. The van der Waals surface area contributed by atoms with Gasteiger partial charge < -0.3 is 10.0 Å². The van der Waals surface area contributed by atoms with E-state index in [0.717, 1.165) is 32.5 Å². The molecular weight excluding hydrogens is 472 g/mol. The van der Waals surface area contributed by atoms with Crippen LogP contribution in [0.3, 0.4) is 0 Å². The maximum Gasteiger partial charge on any atom is 0.294 e. The van der Waals surface area contributed by atoms with Gasteiger partial charge in [-0.3, -0.25) is 9.35 Å². The number of H-pyrrole nitrogens is 1. The number of anilines is 1. The molecule has 0 saturated heterocycles. The SMILES string of the molecule is CCN(Cc1ccc(S(=O)(=O)O)cc1)c1ccc2[nH+]c3c4ccccc4c(=O)c(O)c-3sc2c1. The van der Waals surface area contributed by atoms with E-state index >= 15 is 0 Å². The third kappa shape index (κ3) is 3.87. The molecule has 172 valence electrons. The molecule has 2 aliphatic rings. The highest BCUT2D eigenvalue weighted by atomic mass is 32.2. The fourth-order valence-electron chi connectivity index (χ4n) is 4.11. The molecule has 1 aliphatic heterocycles. The Balaban J connectivity index is 1.57. The zero-order valence-electron chi connectivity index (χ0n) is 18.1. The molecule has 34 heavy (non-hydrogen) atoms. The molecular formula is C25H21N2O5S2+. The van der Waals surface area contributed by atoms with Crippen LogP contribution in [0.4, 0.5) is 5.69 Å². The number of aromatic nitrogens is 1. The van der Waals surface area contributed by atoms with Crippen molar-refractivity contribution in [3.63, 3.8) is 0 Å². The number of aromatic hydroxyl groups is 1. The van der Waals surface area contributed by atoms with Crippen LogP contribution in [-0.2, 0) is 16.7 Å². The van der Waals surface area contributed by atoms with E-state index in [9.17, 15) is 22.9 Å². The zero-order valence-corrected chi connectivity index (χ0v) is 19.8. The van der Waals surface area contributed by atoms with Crippen LogP contribution in [0.25, 0.3) is 31.6 Å². The van der Waals surface area contributed by atoms with Crippen LogP contribution in [0.1, 0.15) is 12.5 Å². The summed E-state index contributed by atoms with van der Waals surface area (Å²) < 4.78 is 32.6. The summed E-state index contributed by atoms with van der Waals surface area (Å²) in [6.07, 6.45) is 0. The van der Waals surface area contributed by atoms with E-state index in [-0.39, 0.29) is 16.1 Å². The lowest BCUT2D eigenvalue weighted by molar-refractivity contribution is -0.328. The first kappa shape index (κ1) is 22.3. The second kappa shape index (κ2) is 8.35. The first-order chi connectivity index (χ1) is 16.3. The summed E-state index contributed by atoms with van der Waals surface area (Å²) in [5, 5.41) is 11.9. The molecule has 1 heterocycles. The predicted molar refractivity (Wildman–Crippen MR) is 133 cm³/mol. The number of aromatic amines is 1. The van der Waals surface area contributed by atoms with Gasteiger partial charge in [0, 0.05) is 30.2 Å². The molecule has 3 aromatic carbocycles. The smallest absolute Gasteiger partial charge is 0.294 e. The molecule has 3 N–H and O–H groups in total. The van der Waals surface area contributed by atoms with Crippen LogP contribution in [-0.4, -0.2) is 24.6 Å². The average molecular weight is 494 g/mol. The third-order valence-corrected chi connectivity index (χ3v) is 7.90. The Morgan fingerprint density at radius 2 is 1.71 bits per heavy atom. The topological polar surface area (TPSA) is 109 Å². The maximum absolute atomic E-state index is 12.7. The number of fused-ring (bicyclic) bond motifs is 4. The van der Waals surface area contributed by atoms with Gasteiger partial charge in [-0.15, -0.1) is 11.3 Å². The van der Waals surface area contributed by atoms with E-state index in [0.29, 0.717) is 23.4 Å². The van der Waals surface area contributed by atoms with Crippen molar-refractivity contribution in [2.75, 3.05) is 11.4 Å². The van der Waals surface area contributed by atoms with Gasteiger partial charge in [-0.05, 0) is 42.8 Å². The number of nitrogens with one attached hydrogen (secondary N) is 1. The molecule has 5 rings (SSSR count). The quantitative estimate of drug-likeness (QED) is 0.215. The van der Waals surface area contributed by atoms with Crippen molar-refractivity contribution in [1.29, 1.82) is 0 Å². The monoisotopic (exact) mass is 493 g/mol. The van der Waals surface area contributed by atoms with Gasteiger partial charge in [0.15, 0.2) is 5.75 Å². The Hall–Kier alpha value is -3.53. The largest absolute Gasteiger partial charge is 0.503 e. The molecule has 0 atom stereocenters. The minimum absolute atomic E-state index is 0.140. The van der Waals surface area contributed by atoms with Crippen LogP contribution in [0.15, 0.2) is 76.4 Å². The second-order valence-electron chi connectivity index (χ2n) is 7.97. The zero-order chi connectivity index (χ0) is 24.0. The third-order valence-electron chi connectivity index (χ3n) is 5.88. The van der Waals surface area contributed by atoms with E-state index in [4.69, 9.17) is 0 Å². The molecule has 0 spiro atoms. The molecule has 0 unspecified atom stereocenters.